The van der Waals surface area contributed by atoms with Gasteiger partial charge in [0, 0.05) is 23.1 Å². The molecule has 0 aliphatic rings. The maximum atomic E-state index is 12.9. The summed E-state index contributed by atoms with van der Waals surface area (Å²) in [6.45, 7) is 4.32. The summed E-state index contributed by atoms with van der Waals surface area (Å²) in [5, 5.41) is 3.97. The minimum Gasteiger partial charge on any atom is -0.484 e. The molecule has 2 amide bonds. The van der Waals surface area contributed by atoms with E-state index in [1.807, 2.05) is 19.1 Å². The number of carbonyl (C=O) groups is 2. The molecule has 0 aliphatic heterocycles. The van der Waals surface area contributed by atoms with Crippen molar-refractivity contribution in [2.45, 2.75) is 32.9 Å². The van der Waals surface area contributed by atoms with Crippen LogP contribution >= 0.6 is 23.2 Å². The average Bonchev–Trinajstić information content (AvgIpc) is 2.69. The van der Waals surface area contributed by atoms with Gasteiger partial charge in [0.1, 0.15) is 11.8 Å². The van der Waals surface area contributed by atoms with Gasteiger partial charge in [0.15, 0.2) is 6.61 Å². The number of rotatable bonds is 9. The summed E-state index contributed by atoms with van der Waals surface area (Å²) < 4.78 is 5.57. The van der Waals surface area contributed by atoms with Crippen LogP contribution in [-0.2, 0) is 16.1 Å². The number of amides is 2. The minimum atomic E-state index is -0.641. The molecule has 0 bridgehead atoms. The lowest BCUT2D eigenvalue weighted by Gasteiger charge is -2.28. The second kappa shape index (κ2) is 10.9. The zero-order valence-electron chi connectivity index (χ0n) is 16.0. The number of ether oxygens (including phenoxy) is 1. The van der Waals surface area contributed by atoms with E-state index < -0.39 is 6.04 Å². The number of hydrogen-bond donors (Lipinski definition) is 1. The van der Waals surface area contributed by atoms with Gasteiger partial charge in [-0.3, -0.25) is 9.59 Å². The highest BCUT2D eigenvalue weighted by Gasteiger charge is 2.26. The molecule has 0 spiro atoms. The maximum Gasteiger partial charge on any atom is 0.261 e. The van der Waals surface area contributed by atoms with Crippen molar-refractivity contribution in [3.63, 3.8) is 0 Å². The van der Waals surface area contributed by atoms with Gasteiger partial charge in [-0.1, -0.05) is 48.3 Å². The van der Waals surface area contributed by atoms with Crippen molar-refractivity contribution in [2.24, 2.45) is 0 Å². The van der Waals surface area contributed by atoms with Gasteiger partial charge in [-0.05, 0) is 49.2 Å². The van der Waals surface area contributed by atoms with Crippen LogP contribution in [0.5, 0.6) is 5.75 Å². The molecule has 2 rings (SSSR count). The van der Waals surface area contributed by atoms with E-state index in [0.717, 1.165) is 12.0 Å². The van der Waals surface area contributed by atoms with Crippen LogP contribution in [0.25, 0.3) is 0 Å². The Labute approximate surface area is 175 Å². The second-order valence-corrected chi connectivity index (χ2v) is 7.23. The lowest BCUT2D eigenvalue weighted by atomic mass is 10.1. The Morgan fingerprint density at radius 3 is 2.46 bits per heavy atom. The monoisotopic (exact) mass is 422 g/mol. The van der Waals surface area contributed by atoms with Crippen LogP contribution in [0.15, 0.2) is 48.5 Å². The fraction of sp³-hybridized carbons (Fsp3) is 0.333. The quantitative estimate of drug-likeness (QED) is 0.654. The molecule has 0 unspecified atom stereocenters. The molecule has 0 fully saturated rings. The Morgan fingerprint density at radius 2 is 1.82 bits per heavy atom. The molecular formula is C21H24Cl2N2O3. The predicted molar refractivity (Wildman–Crippen MR) is 112 cm³/mol. The van der Waals surface area contributed by atoms with Crippen molar-refractivity contribution in [3.05, 3.63) is 64.1 Å². The average molecular weight is 423 g/mol. The zero-order chi connectivity index (χ0) is 20.5. The van der Waals surface area contributed by atoms with E-state index in [1.165, 1.54) is 4.90 Å². The number of benzene rings is 2. The molecular weight excluding hydrogens is 399 g/mol. The molecule has 28 heavy (non-hydrogen) atoms. The van der Waals surface area contributed by atoms with Crippen molar-refractivity contribution in [2.75, 3.05) is 13.2 Å². The molecule has 0 aliphatic carbocycles. The van der Waals surface area contributed by atoms with Gasteiger partial charge in [-0.2, -0.15) is 0 Å². The molecule has 1 atom stereocenters. The van der Waals surface area contributed by atoms with Gasteiger partial charge in [0.05, 0.1) is 0 Å². The minimum absolute atomic E-state index is 0.195. The van der Waals surface area contributed by atoms with E-state index in [2.05, 4.69) is 5.32 Å². The Kier molecular flexibility index (Phi) is 8.61. The first-order chi connectivity index (χ1) is 13.4. The summed E-state index contributed by atoms with van der Waals surface area (Å²) in [7, 11) is 0. The normalized spacial score (nSPS) is 11.6. The lowest BCUT2D eigenvalue weighted by molar-refractivity contribution is -0.142. The summed E-state index contributed by atoms with van der Waals surface area (Å²) >= 11 is 11.9. The Balaban J connectivity index is 2.11. The van der Waals surface area contributed by atoms with Gasteiger partial charge in [0.2, 0.25) is 5.91 Å². The van der Waals surface area contributed by atoms with Crippen LogP contribution in [0, 0.1) is 0 Å². The Bertz CT molecular complexity index is 796. The number of halogens is 2. The first kappa shape index (κ1) is 22.1. The molecule has 0 saturated carbocycles. The Hall–Kier alpha value is -2.24. The molecule has 1 N–H and O–H groups in total. The summed E-state index contributed by atoms with van der Waals surface area (Å²) in [5.74, 6) is -0.00336. The molecule has 5 nitrogen and oxygen atoms in total. The number of nitrogens with one attached hydrogen (secondary N) is 1. The third-order valence-electron chi connectivity index (χ3n) is 4.14. The first-order valence-corrected chi connectivity index (χ1v) is 9.86. The number of nitrogens with zero attached hydrogens (tertiary/aromatic N) is 1. The fourth-order valence-electron chi connectivity index (χ4n) is 2.55. The van der Waals surface area contributed by atoms with Gasteiger partial charge in [0.25, 0.3) is 5.91 Å². The zero-order valence-corrected chi connectivity index (χ0v) is 17.5. The third kappa shape index (κ3) is 6.73. The third-order valence-corrected chi connectivity index (χ3v) is 4.63. The van der Waals surface area contributed by atoms with E-state index in [1.54, 1.807) is 43.3 Å². The van der Waals surface area contributed by atoms with E-state index in [9.17, 15) is 9.59 Å². The first-order valence-electron chi connectivity index (χ1n) is 9.10. The SMILES string of the molecule is CCCNC(=O)[C@@H](C)N(Cc1ccc(Cl)cc1)C(=O)COc1cccc(Cl)c1. The molecule has 2 aromatic rings. The lowest BCUT2D eigenvalue weighted by Crippen LogP contribution is -2.49. The van der Waals surface area contributed by atoms with Crippen molar-refractivity contribution in [1.29, 1.82) is 0 Å². The van der Waals surface area contributed by atoms with Gasteiger partial charge in [-0.25, -0.2) is 0 Å². The number of carbonyl (C=O) groups excluding carboxylic acids is 2. The van der Waals surface area contributed by atoms with Gasteiger partial charge < -0.3 is 15.0 Å². The molecule has 0 saturated heterocycles. The molecule has 0 aromatic heterocycles. The summed E-state index contributed by atoms with van der Waals surface area (Å²) in [4.78, 5) is 26.8. The topological polar surface area (TPSA) is 58.6 Å². The molecule has 0 heterocycles. The van der Waals surface area contributed by atoms with Crippen LogP contribution in [-0.4, -0.2) is 35.9 Å². The van der Waals surface area contributed by atoms with Crippen LogP contribution < -0.4 is 10.1 Å². The molecule has 2 aromatic carbocycles. The van der Waals surface area contributed by atoms with Crippen molar-refractivity contribution in [3.8, 4) is 5.75 Å². The summed E-state index contributed by atoms with van der Waals surface area (Å²) in [5.41, 5.74) is 0.871. The molecule has 150 valence electrons. The standard InChI is InChI=1S/C21H24Cl2N2O3/c1-3-11-24-21(27)15(2)25(13-16-7-9-17(22)10-8-16)20(26)14-28-19-6-4-5-18(23)12-19/h4-10,12,15H,3,11,13-14H2,1-2H3,(H,24,27)/t15-/m1/s1. The largest absolute Gasteiger partial charge is 0.484 e. The molecule has 7 heteroatoms. The van der Waals surface area contributed by atoms with Crippen molar-refractivity contribution in [1.82, 2.24) is 10.2 Å². The second-order valence-electron chi connectivity index (χ2n) is 6.36. The maximum absolute atomic E-state index is 12.9. The van der Waals surface area contributed by atoms with Crippen molar-refractivity contribution >= 4 is 35.0 Å². The Morgan fingerprint density at radius 1 is 1.11 bits per heavy atom. The van der Waals surface area contributed by atoms with Crippen LogP contribution in [0.4, 0.5) is 0 Å². The highest BCUT2D eigenvalue weighted by molar-refractivity contribution is 6.30. The van der Waals surface area contributed by atoms with Crippen LogP contribution in [0.3, 0.4) is 0 Å². The molecule has 0 radical (unpaired) electrons. The van der Waals surface area contributed by atoms with Gasteiger partial charge in [-0.15, -0.1) is 0 Å². The highest BCUT2D eigenvalue weighted by Crippen LogP contribution is 2.18. The van der Waals surface area contributed by atoms with Gasteiger partial charge >= 0.3 is 0 Å². The highest BCUT2D eigenvalue weighted by atomic mass is 35.5. The smallest absolute Gasteiger partial charge is 0.261 e. The fourth-order valence-corrected chi connectivity index (χ4v) is 2.86. The van der Waals surface area contributed by atoms with Crippen LogP contribution in [0.2, 0.25) is 10.0 Å². The van der Waals surface area contributed by atoms with E-state index in [-0.39, 0.29) is 25.0 Å². The summed E-state index contributed by atoms with van der Waals surface area (Å²) in [6, 6.07) is 13.4. The van der Waals surface area contributed by atoms with E-state index in [4.69, 9.17) is 27.9 Å². The summed E-state index contributed by atoms with van der Waals surface area (Å²) in [6.07, 6.45) is 0.821. The number of hydrogen-bond acceptors (Lipinski definition) is 3. The predicted octanol–water partition coefficient (Wildman–Crippen LogP) is 4.32. The van der Waals surface area contributed by atoms with E-state index >= 15 is 0 Å². The van der Waals surface area contributed by atoms with Crippen molar-refractivity contribution < 1.29 is 14.3 Å². The van der Waals surface area contributed by atoms with Crippen LogP contribution in [0.1, 0.15) is 25.8 Å². The van der Waals surface area contributed by atoms with E-state index in [0.29, 0.717) is 22.3 Å².